The van der Waals surface area contributed by atoms with Crippen LogP contribution in [-0.4, -0.2) is 22.9 Å². The topological polar surface area (TPSA) is 29.9 Å². The van der Waals surface area contributed by atoms with Crippen molar-refractivity contribution in [1.29, 1.82) is 0 Å². The minimum atomic E-state index is 0.513. The minimum Gasteiger partial charge on any atom is -0.316 e. The first kappa shape index (κ1) is 16.8. The molecule has 21 heavy (non-hydrogen) atoms. The van der Waals surface area contributed by atoms with E-state index in [4.69, 9.17) is 11.6 Å². The molecule has 0 radical (unpaired) electrons. The molecule has 1 aliphatic rings. The SMILES string of the molecule is CNC(Cc1c(C)nn(C)c1Cl)C1CCC(C(C)C)CC1. The molecule has 1 heterocycles. The Kier molecular flexibility index (Phi) is 5.73. The smallest absolute Gasteiger partial charge is 0.130 e. The number of halogens is 1. The Labute approximate surface area is 134 Å². The maximum absolute atomic E-state index is 6.39. The largest absolute Gasteiger partial charge is 0.316 e. The van der Waals surface area contributed by atoms with Gasteiger partial charge in [-0.15, -0.1) is 0 Å². The van der Waals surface area contributed by atoms with Gasteiger partial charge in [0, 0.05) is 18.7 Å². The fourth-order valence-electron chi connectivity index (χ4n) is 3.84. The highest BCUT2D eigenvalue weighted by atomic mass is 35.5. The highest BCUT2D eigenvalue weighted by Crippen LogP contribution is 2.36. The Bertz CT molecular complexity index is 459. The van der Waals surface area contributed by atoms with Crippen LogP contribution >= 0.6 is 11.6 Å². The Morgan fingerprint density at radius 3 is 2.24 bits per heavy atom. The second-order valence-electron chi connectivity index (χ2n) is 7.00. The van der Waals surface area contributed by atoms with E-state index in [2.05, 4.69) is 38.2 Å². The maximum atomic E-state index is 6.39. The summed E-state index contributed by atoms with van der Waals surface area (Å²) in [6.07, 6.45) is 6.42. The van der Waals surface area contributed by atoms with Gasteiger partial charge in [-0.05, 0) is 63.8 Å². The minimum absolute atomic E-state index is 0.513. The first-order chi connectivity index (χ1) is 9.93. The molecular weight excluding hydrogens is 282 g/mol. The Balaban J connectivity index is 2.01. The van der Waals surface area contributed by atoms with Crippen LogP contribution in [0.15, 0.2) is 0 Å². The van der Waals surface area contributed by atoms with Crippen molar-refractivity contribution >= 4 is 11.6 Å². The van der Waals surface area contributed by atoms with Gasteiger partial charge < -0.3 is 5.32 Å². The lowest BCUT2D eigenvalue weighted by atomic mass is 9.73. The molecule has 1 aliphatic carbocycles. The first-order valence-electron chi connectivity index (χ1n) is 8.29. The van der Waals surface area contributed by atoms with Gasteiger partial charge in [-0.1, -0.05) is 25.4 Å². The van der Waals surface area contributed by atoms with Crippen LogP contribution < -0.4 is 5.32 Å². The van der Waals surface area contributed by atoms with Crippen LogP contribution in [-0.2, 0) is 13.5 Å². The molecule has 0 aliphatic heterocycles. The molecule has 1 fully saturated rings. The number of likely N-dealkylation sites (N-methyl/N-ethyl adjacent to an activating group) is 1. The van der Waals surface area contributed by atoms with Gasteiger partial charge in [-0.3, -0.25) is 4.68 Å². The van der Waals surface area contributed by atoms with E-state index in [9.17, 15) is 0 Å². The van der Waals surface area contributed by atoms with E-state index < -0.39 is 0 Å². The first-order valence-corrected chi connectivity index (χ1v) is 8.67. The predicted octanol–water partition coefficient (Wildman–Crippen LogP) is 3.97. The zero-order valence-electron chi connectivity index (χ0n) is 14.1. The summed E-state index contributed by atoms with van der Waals surface area (Å²) in [6, 6.07) is 0.513. The quantitative estimate of drug-likeness (QED) is 0.891. The number of aryl methyl sites for hydroxylation is 2. The summed E-state index contributed by atoms with van der Waals surface area (Å²) in [7, 11) is 4.00. The summed E-state index contributed by atoms with van der Waals surface area (Å²) < 4.78 is 1.79. The number of hydrogen-bond acceptors (Lipinski definition) is 2. The summed E-state index contributed by atoms with van der Waals surface area (Å²) in [6.45, 7) is 6.78. The van der Waals surface area contributed by atoms with E-state index in [-0.39, 0.29) is 0 Å². The molecule has 0 saturated heterocycles. The molecule has 1 saturated carbocycles. The van der Waals surface area contributed by atoms with Gasteiger partial charge in [0.05, 0.1) is 5.69 Å². The van der Waals surface area contributed by atoms with Gasteiger partial charge >= 0.3 is 0 Å². The van der Waals surface area contributed by atoms with Gasteiger partial charge in [0.15, 0.2) is 0 Å². The maximum Gasteiger partial charge on any atom is 0.130 e. The second-order valence-corrected chi connectivity index (χ2v) is 7.35. The lowest BCUT2D eigenvalue weighted by Crippen LogP contribution is -2.38. The Morgan fingerprint density at radius 2 is 1.81 bits per heavy atom. The number of aromatic nitrogens is 2. The molecule has 2 rings (SSSR count). The van der Waals surface area contributed by atoms with E-state index in [1.54, 1.807) is 4.68 Å². The molecule has 0 bridgehead atoms. The molecule has 0 amide bonds. The van der Waals surface area contributed by atoms with Crippen molar-refractivity contribution in [3.8, 4) is 0 Å². The number of nitrogens with one attached hydrogen (secondary N) is 1. The predicted molar refractivity (Wildman–Crippen MR) is 89.8 cm³/mol. The highest BCUT2D eigenvalue weighted by molar-refractivity contribution is 6.30. The Hall–Kier alpha value is -0.540. The molecule has 120 valence electrons. The second kappa shape index (κ2) is 7.15. The third-order valence-electron chi connectivity index (χ3n) is 5.39. The van der Waals surface area contributed by atoms with E-state index in [1.165, 1.54) is 31.2 Å². The van der Waals surface area contributed by atoms with E-state index in [0.29, 0.717) is 6.04 Å². The van der Waals surface area contributed by atoms with Crippen molar-refractivity contribution in [3.63, 3.8) is 0 Å². The van der Waals surface area contributed by atoms with Gasteiger partial charge in [-0.25, -0.2) is 0 Å². The molecule has 0 spiro atoms. The van der Waals surface area contributed by atoms with Crippen molar-refractivity contribution in [3.05, 3.63) is 16.4 Å². The van der Waals surface area contributed by atoms with E-state index in [0.717, 1.165) is 35.0 Å². The zero-order valence-corrected chi connectivity index (χ0v) is 14.9. The molecular formula is C17H30ClN3. The molecule has 1 atom stereocenters. The fourth-order valence-corrected chi connectivity index (χ4v) is 4.10. The Morgan fingerprint density at radius 1 is 1.24 bits per heavy atom. The van der Waals surface area contributed by atoms with Crippen LogP contribution in [0, 0.1) is 24.7 Å². The van der Waals surface area contributed by atoms with Gasteiger partial charge in [0.2, 0.25) is 0 Å². The molecule has 1 unspecified atom stereocenters. The molecule has 1 aromatic heterocycles. The van der Waals surface area contributed by atoms with Crippen LogP contribution in [0.2, 0.25) is 5.15 Å². The van der Waals surface area contributed by atoms with Gasteiger partial charge in [0.25, 0.3) is 0 Å². The van der Waals surface area contributed by atoms with E-state index in [1.807, 2.05) is 7.05 Å². The standard InChI is InChI=1S/C17H30ClN3/c1-11(2)13-6-8-14(9-7-13)16(19-4)10-15-12(3)20-21(5)17(15)18/h11,13-14,16,19H,6-10H2,1-5H3. The monoisotopic (exact) mass is 311 g/mol. The van der Waals surface area contributed by atoms with Crippen molar-refractivity contribution in [2.24, 2.45) is 24.8 Å². The van der Waals surface area contributed by atoms with Crippen LogP contribution in [0.25, 0.3) is 0 Å². The average molecular weight is 312 g/mol. The van der Waals surface area contributed by atoms with Crippen LogP contribution in [0.1, 0.15) is 50.8 Å². The lowest BCUT2D eigenvalue weighted by molar-refractivity contribution is 0.191. The molecule has 3 nitrogen and oxygen atoms in total. The van der Waals surface area contributed by atoms with Crippen LogP contribution in [0.3, 0.4) is 0 Å². The third kappa shape index (κ3) is 3.81. The molecule has 4 heteroatoms. The van der Waals surface area contributed by atoms with Crippen LogP contribution in [0.4, 0.5) is 0 Å². The number of nitrogens with zero attached hydrogens (tertiary/aromatic N) is 2. The van der Waals surface area contributed by atoms with Crippen molar-refractivity contribution in [2.45, 2.75) is 58.9 Å². The molecule has 1 aromatic rings. The van der Waals surface area contributed by atoms with Crippen molar-refractivity contribution in [2.75, 3.05) is 7.05 Å². The van der Waals surface area contributed by atoms with Crippen molar-refractivity contribution in [1.82, 2.24) is 15.1 Å². The summed E-state index contributed by atoms with van der Waals surface area (Å²) in [5, 5.41) is 8.76. The molecule has 0 aromatic carbocycles. The summed E-state index contributed by atoms with van der Waals surface area (Å²) in [4.78, 5) is 0. The fraction of sp³-hybridized carbons (Fsp3) is 0.824. The highest BCUT2D eigenvalue weighted by Gasteiger charge is 2.29. The summed E-state index contributed by atoms with van der Waals surface area (Å²) >= 11 is 6.39. The van der Waals surface area contributed by atoms with Crippen molar-refractivity contribution < 1.29 is 0 Å². The third-order valence-corrected chi connectivity index (χ3v) is 5.87. The normalized spacial score (nSPS) is 24.5. The number of rotatable bonds is 5. The zero-order chi connectivity index (χ0) is 15.6. The summed E-state index contributed by atoms with van der Waals surface area (Å²) in [5.74, 6) is 2.51. The lowest BCUT2D eigenvalue weighted by Gasteiger charge is -2.35. The summed E-state index contributed by atoms with van der Waals surface area (Å²) in [5.41, 5.74) is 2.28. The van der Waals surface area contributed by atoms with Crippen LogP contribution in [0.5, 0.6) is 0 Å². The average Bonchev–Trinajstić information content (AvgIpc) is 2.70. The number of hydrogen-bond donors (Lipinski definition) is 1. The van der Waals surface area contributed by atoms with E-state index >= 15 is 0 Å². The van der Waals surface area contributed by atoms with Gasteiger partial charge in [0.1, 0.15) is 5.15 Å². The molecule has 1 N–H and O–H groups in total. The van der Waals surface area contributed by atoms with Gasteiger partial charge in [-0.2, -0.15) is 5.10 Å².